The number of ether oxygens (including phenoxy) is 1. The van der Waals surface area contributed by atoms with Crippen molar-refractivity contribution in [3.63, 3.8) is 0 Å². The molecule has 0 saturated heterocycles. The van der Waals surface area contributed by atoms with Crippen LogP contribution < -0.4 is 10.1 Å². The van der Waals surface area contributed by atoms with Crippen LogP contribution in [0.15, 0.2) is 47.4 Å². The van der Waals surface area contributed by atoms with Crippen LogP contribution >= 0.6 is 0 Å². The number of sulfone groups is 1. The summed E-state index contributed by atoms with van der Waals surface area (Å²) in [6.45, 7) is 2.36. The average molecular weight is 362 g/mol. The van der Waals surface area contributed by atoms with Crippen molar-refractivity contribution in [2.24, 2.45) is 0 Å². The lowest BCUT2D eigenvalue weighted by Crippen LogP contribution is -2.26. The van der Waals surface area contributed by atoms with Crippen molar-refractivity contribution in [2.45, 2.75) is 23.8 Å². The second-order valence-electron chi connectivity index (χ2n) is 6.07. The topological polar surface area (TPSA) is 98.5 Å². The van der Waals surface area contributed by atoms with Crippen molar-refractivity contribution in [1.82, 2.24) is 0 Å². The van der Waals surface area contributed by atoms with Crippen LogP contribution in [0, 0.1) is 10.1 Å². The van der Waals surface area contributed by atoms with Crippen molar-refractivity contribution in [3.8, 4) is 5.75 Å². The van der Waals surface area contributed by atoms with Crippen molar-refractivity contribution < 1.29 is 18.1 Å². The third kappa shape index (κ3) is 3.30. The summed E-state index contributed by atoms with van der Waals surface area (Å²) in [4.78, 5) is 10.5. The fraction of sp³-hybridized carbons (Fsp3) is 0.294. The quantitative estimate of drug-likeness (QED) is 0.648. The number of hydrogen-bond acceptors (Lipinski definition) is 6. The molecular weight excluding hydrogens is 344 g/mol. The van der Waals surface area contributed by atoms with E-state index in [2.05, 4.69) is 5.32 Å². The number of anilines is 1. The first kappa shape index (κ1) is 17.2. The lowest BCUT2D eigenvalue weighted by Gasteiger charge is -2.21. The molecule has 3 rings (SSSR count). The zero-order valence-corrected chi connectivity index (χ0v) is 14.6. The normalized spacial score (nSPS) is 17.4. The number of fused-ring (bicyclic) bond motifs is 1. The molecule has 0 aliphatic carbocycles. The van der Waals surface area contributed by atoms with Crippen LogP contribution in [-0.2, 0) is 9.84 Å². The van der Waals surface area contributed by atoms with Gasteiger partial charge in [-0.1, -0.05) is 24.3 Å². The van der Waals surface area contributed by atoms with Gasteiger partial charge >= 0.3 is 5.69 Å². The molecule has 2 unspecified atom stereocenters. The van der Waals surface area contributed by atoms with Crippen molar-refractivity contribution in [2.75, 3.05) is 18.2 Å². The fourth-order valence-electron chi connectivity index (χ4n) is 3.07. The van der Waals surface area contributed by atoms with Crippen LogP contribution in [0.5, 0.6) is 5.75 Å². The van der Waals surface area contributed by atoms with Crippen LogP contribution in [-0.4, -0.2) is 32.2 Å². The third-order valence-electron chi connectivity index (χ3n) is 4.30. The van der Waals surface area contributed by atoms with Crippen LogP contribution in [0.3, 0.4) is 0 Å². The average Bonchev–Trinajstić information content (AvgIpc) is 2.97. The summed E-state index contributed by atoms with van der Waals surface area (Å²) in [5, 5.41) is 14.6. The van der Waals surface area contributed by atoms with Gasteiger partial charge in [-0.2, -0.15) is 0 Å². The molecule has 0 spiro atoms. The molecule has 0 bridgehead atoms. The first-order valence-corrected chi connectivity index (χ1v) is 9.64. The molecule has 2 aromatic carbocycles. The number of hydrogen-bond donors (Lipinski definition) is 1. The molecule has 0 fully saturated rings. The van der Waals surface area contributed by atoms with Gasteiger partial charge in [-0.15, -0.1) is 0 Å². The first-order chi connectivity index (χ1) is 11.8. The number of nitro groups is 1. The maximum Gasteiger partial charge on any atom is 0.310 e. The van der Waals surface area contributed by atoms with Crippen molar-refractivity contribution in [1.29, 1.82) is 0 Å². The van der Waals surface area contributed by atoms with Gasteiger partial charge in [0.2, 0.25) is 0 Å². The highest BCUT2D eigenvalue weighted by atomic mass is 32.2. The van der Waals surface area contributed by atoms with E-state index in [4.69, 9.17) is 4.74 Å². The minimum atomic E-state index is -3.71. The standard InChI is InChI=1S/C17H18N2O5S/c1-11(13-10-24-15-8-4-3-6-12(13)15)18-14-7-5-9-16(25(2,22)23)17(14)19(20)21/h3-9,11,13,18H,10H2,1-2H3. The van der Waals surface area contributed by atoms with Gasteiger partial charge < -0.3 is 10.1 Å². The third-order valence-corrected chi connectivity index (χ3v) is 5.43. The Hall–Kier alpha value is -2.61. The molecule has 2 aromatic rings. The lowest BCUT2D eigenvalue weighted by molar-refractivity contribution is -0.386. The first-order valence-electron chi connectivity index (χ1n) is 7.74. The number of nitrogens with one attached hydrogen (secondary N) is 1. The van der Waals surface area contributed by atoms with E-state index in [1.54, 1.807) is 0 Å². The summed E-state index contributed by atoms with van der Waals surface area (Å²) in [6, 6.07) is 11.7. The molecular formula is C17H18N2O5S. The maximum absolute atomic E-state index is 11.9. The van der Waals surface area contributed by atoms with Gasteiger partial charge in [-0.05, 0) is 25.1 Å². The van der Waals surface area contributed by atoms with E-state index in [0.717, 1.165) is 17.6 Å². The van der Waals surface area contributed by atoms with E-state index in [9.17, 15) is 18.5 Å². The molecule has 1 aliphatic rings. The molecule has 1 aliphatic heterocycles. The van der Waals surface area contributed by atoms with E-state index in [-0.39, 0.29) is 22.5 Å². The van der Waals surface area contributed by atoms with Crippen LogP contribution in [0.25, 0.3) is 0 Å². The second kappa shape index (κ2) is 6.36. The lowest BCUT2D eigenvalue weighted by atomic mass is 9.94. The van der Waals surface area contributed by atoms with Crippen molar-refractivity contribution in [3.05, 3.63) is 58.1 Å². The molecule has 8 heteroatoms. The summed E-state index contributed by atoms with van der Waals surface area (Å²) >= 11 is 0. The summed E-state index contributed by atoms with van der Waals surface area (Å²) in [5.41, 5.74) is 0.790. The van der Waals surface area contributed by atoms with E-state index in [0.29, 0.717) is 6.61 Å². The van der Waals surface area contributed by atoms with Gasteiger partial charge in [0.25, 0.3) is 0 Å². The van der Waals surface area contributed by atoms with E-state index < -0.39 is 20.4 Å². The molecule has 2 atom stereocenters. The van der Waals surface area contributed by atoms with Gasteiger partial charge in [-0.25, -0.2) is 8.42 Å². The zero-order chi connectivity index (χ0) is 18.2. The van der Waals surface area contributed by atoms with Gasteiger partial charge in [0.1, 0.15) is 16.3 Å². The van der Waals surface area contributed by atoms with Gasteiger partial charge in [0.05, 0.1) is 11.5 Å². The molecule has 0 aromatic heterocycles. The summed E-state index contributed by atoms with van der Waals surface area (Å²) < 4.78 is 29.4. The molecule has 0 radical (unpaired) electrons. The molecule has 7 nitrogen and oxygen atoms in total. The molecule has 1 N–H and O–H groups in total. The number of rotatable bonds is 5. The summed E-state index contributed by atoms with van der Waals surface area (Å²) in [6.07, 6.45) is 0.962. The molecule has 25 heavy (non-hydrogen) atoms. The highest BCUT2D eigenvalue weighted by Crippen LogP contribution is 2.38. The Morgan fingerprint density at radius 3 is 2.64 bits per heavy atom. The van der Waals surface area contributed by atoms with Crippen LogP contribution in [0.1, 0.15) is 18.4 Å². The molecule has 132 valence electrons. The zero-order valence-electron chi connectivity index (χ0n) is 13.8. The number of nitrogens with zero attached hydrogens (tertiary/aromatic N) is 1. The molecule has 0 saturated carbocycles. The van der Waals surface area contributed by atoms with E-state index in [1.807, 2.05) is 31.2 Å². The molecule has 0 amide bonds. The predicted molar refractivity (Wildman–Crippen MR) is 94.0 cm³/mol. The van der Waals surface area contributed by atoms with Gasteiger partial charge in [-0.3, -0.25) is 10.1 Å². The Morgan fingerprint density at radius 2 is 1.96 bits per heavy atom. The maximum atomic E-state index is 11.9. The van der Waals surface area contributed by atoms with Crippen LogP contribution in [0.2, 0.25) is 0 Å². The number of para-hydroxylation sites is 2. The smallest absolute Gasteiger partial charge is 0.310 e. The largest absolute Gasteiger partial charge is 0.493 e. The Bertz CT molecular complexity index is 926. The monoisotopic (exact) mass is 362 g/mol. The minimum Gasteiger partial charge on any atom is -0.493 e. The Labute approximate surface area is 145 Å². The van der Waals surface area contributed by atoms with E-state index in [1.165, 1.54) is 18.2 Å². The van der Waals surface area contributed by atoms with E-state index >= 15 is 0 Å². The van der Waals surface area contributed by atoms with Gasteiger partial charge in [0, 0.05) is 23.8 Å². The summed E-state index contributed by atoms with van der Waals surface area (Å²) in [5.74, 6) is 0.818. The highest BCUT2D eigenvalue weighted by Gasteiger charge is 2.31. The van der Waals surface area contributed by atoms with Gasteiger partial charge in [0.15, 0.2) is 9.84 Å². The van der Waals surface area contributed by atoms with Crippen molar-refractivity contribution >= 4 is 21.2 Å². The predicted octanol–water partition coefficient (Wildman–Crippen LogP) is 2.97. The second-order valence-corrected chi connectivity index (χ2v) is 8.05. The Morgan fingerprint density at radius 1 is 1.24 bits per heavy atom. The Kier molecular flexibility index (Phi) is 4.38. The van der Waals surface area contributed by atoms with Crippen LogP contribution in [0.4, 0.5) is 11.4 Å². The SMILES string of the molecule is CC(Nc1cccc(S(C)(=O)=O)c1[N+](=O)[O-])C1COc2ccccc21. The molecule has 1 heterocycles. The number of benzene rings is 2. The fourth-order valence-corrected chi connectivity index (χ4v) is 3.93. The highest BCUT2D eigenvalue weighted by molar-refractivity contribution is 7.90. The minimum absolute atomic E-state index is 0.0118. The Balaban J connectivity index is 1.95. The summed E-state index contributed by atoms with van der Waals surface area (Å²) in [7, 11) is -3.71. The number of nitro benzene ring substituents is 1.